The van der Waals surface area contributed by atoms with Gasteiger partial charge in [0.25, 0.3) is 0 Å². The van der Waals surface area contributed by atoms with Crippen molar-refractivity contribution in [3.05, 3.63) is 59.2 Å². The zero-order valence-electron chi connectivity index (χ0n) is 11.7. The Morgan fingerprint density at radius 1 is 0.950 bits per heavy atom. The minimum atomic E-state index is 0.613. The van der Waals surface area contributed by atoms with Gasteiger partial charge < -0.3 is 9.47 Å². The van der Waals surface area contributed by atoms with Crippen molar-refractivity contribution >= 4 is 24.8 Å². The number of rotatable bonds is 5. The van der Waals surface area contributed by atoms with E-state index >= 15 is 0 Å². The predicted molar refractivity (Wildman–Crippen MR) is 87.6 cm³/mol. The molecule has 2 rings (SSSR count). The molecule has 104 valence electrons. The Morgan fingerprint density at radius 2 is 1.65 bits per heavy atom. The van der Waals surface area contributed by atoms with Gasteiger partial charge in [-0.15, -0.1) is 0 Å². The van der Waals surface area contributed by atoms with Gasteiger partial charge >= 0.3 is 0 Å². The van der Waals surface area contributed by atoms with Crippen LogP contribution < -0.4 is 9.47 Å². The van der Waals surface area contributed by atoms with Crippen LogP contribution in [0.5, 0.6) is 11.5 Å². The fourth-order valence-corrected chi connectivity index (χ4v) is 2.24. The predicted octanol–water partition coefficient (Wildman–Crippen LogP) is 4.30. The van der Waals surface area contributed by atoms with Crippen LogP contribution in [0.1, 0.15) is 16.7 Å². The highest BCUT2D eigenvalue weighted by Crippen LogP contribution is 2.31. The van der Waals surface area contributed by atoms with E-state index in [1.165, 1.54) is 0 Å². The summed E-state index contributed by atoms with van der Waals surface area (Å²) < 4.78 is 10.8. The molecule has 0 N–H and O–H groups in total. The Balaban J connectivity index is 2.37. The van der Waals surface area contributed by atoms with Crippen molar-refractivity contribution in [3.63, 3.8) is 0 Å². The summed E-state index contributed by atoms with van der Waals surface area (Å²) in [6.45, 7) is 0. The molecule has 2 aromatic rings. The van der Waals surface area contributed by atoms with E-state index in [-0.39, 0.29) is 0 Å². The van der Waals surface area contributed by atoms with Crippen molar-refractivity contribution in [2.75, 3.05) is 14.2 Å². The summed E-state index contributed by atoms with van der Waals surface area (Å²) in [7, 11) is 3.34. The van der Waals surface area contributed by atoms with E-state index in [2.05, 4.69) is 30.8 Å². The van der Waals surface area contributed by atoms with Gasteiger partial charge in [-0.2, -0.15) is 12.6 Å². The summed E-state index contributed by atoms with van der Waals surface area (Å²) in [6.07, 6.45) is 4.08. The van der Waals surface area contributed by atoms with Crippen LogP contribution in [0, 0.1) is 0 Å². The minimum absolute atomic E-state index is 0.613. The highest BCUT2D eigenvalue weighted by atomic mass is 32.1. The maximum Gasteiger partial charge on any atom is 0.126 e. The summed E-state index contributed by atoms with van der Waals surface area (Å²) in [5, 5.41) is 0. The number of methoxy groups -OCH3 is 2. The van der Waals surface area contributed by atoms with Gasteiger partial charge in [0, 0.05) is 16.9 Å². The van der Waals surface area contributed by atoms with Crippen molar-refractivity contribution < 1.29 is 9.47 Å². The van der Waals surface area contributed by atoms with E-state index in [0.717, 1.165) is 28.2 Å². The molecule has 0 amide bonds. The molecule has 0 spiro atoms. The number of thiol groups is 1. The van der Waals surface area contributed by atoms with E-state index < -0.39 is 0 Å². The Labute approximate surface area is 125 Å². The molecule has 0 radical (unpaired) electrons. The van der Waals surface area contributed by atoms with Gasteiger partial charge in [0.05, 0.1) is 14.2 Å². The topological polar surface area (TPSA) is 18.5 Å². The molecule has 0 aliphatic rings. The first-order chi connectivity index (χ1) is 9.78. The Morgan fingerprint density at radius 3 is 2.25 bits per heavy atom. The molecule has 0 saturated heterocycles. The fourth-order valence-electron chi connectivity index (χ4n) is 1.99. The lowest BCUT2D eigenvalue weighted by Gasteiger charge is -2.11. The van der Waals surface area contributed by atoms with E-state index in [4.69, 9.17) is 9.47 Å². The molecular formula is C17H18O2S. The largest absolute Gasteiger partial charge is 0.496 e. The van der Waals surface area contributed by atoms with Gasteiger partial charge in [-0.05, 0) is 17.7 Å². The average molecular weight is 286 g/mol. The zero-order chi connectivity index (χ0) is 14.4. The van der Waals surface area contributed by atoms with Crippen molar-refractivity contribution in [1.82, 2.24) is 0 Å². The molecular weight excluding hydrogens is 268 g/mol. The molecule has 0 aliphatic carbocycles. The van der Waals surface area contributed by atoms with Gasteiger partial charge in [0.1, 0.15) is 11.5 Å². The normalized spacial score (nSPS) is 10.8. The van der Waals surface area contributed by atoms with Gasteiger partial charge in [-0.1, -0.05) is 42.5 Å². The quantitative estimate of drug-likeness (QED) is 0.652. The van der Waals surface area contributed by atoms with Gasteiger partial charge in [-0.3, -0.25) is 0 Å². The first kappa shape index (κ1) is 14.5. The first-order valence-corrected chi connectivity index (χ1v) is 7.00. The molecule has 0 aromatic heterocycles. The van der Waals surface area contributed by atoms with Crippen molar-refractivity contribution in [3.8, 4) is 11.5 Å². The number of benzene rings is 2. The number of hydrogen-bond acceptors (Lipinski definition) is 3. The lowest BCUT2D eigenvalue weighted by Crippen LogP contribution is -1.94. The van der Waals surface area contributed by atoms with Gasteiger partial charge in [-0.25, -0.2) is 0 Å². The van der Waals surface area contributed by atoms with Gasteiger partial charge in [0.2, 0.25) is 0 Å². The van der Waals surface area contributed by atoms with E-state index in [1.807, 2.05) is 36.4 Å². The molecule has 0 unspecified atom stereocenters. The van der Waals surface area contributed by atoms with E-state index in [9.17, 15) is 0 Å². The summed E-state index contributed by atoms with van der Waals surface area (Å²) in [5.41, 5.74) is 3.15. The van der Waals surface area contributed by atoms with Crippen LogP contribution in [-0.2, 0) is 5.75 Å². The molecule has 2 nitrogen and oxygen atoms in total. The lowest BCUT2D eigenvalue weighted by molar-refractivity contribution is 0.399. The molecule has 3 heteroatoms. The SMILES string of the molecule is COc1cc(CS)c(OC)cc1/C=C/c1ccccc1. The number of hydrogen-bond donors (Lipinski definition) is 1. The molecule has 2 aromatic carbocycles. The Hall–Kier alpha value is -1.87. The third kappa shape index (κ3) is 3.36. The van der Waals surface area contributed by atoms with Crippen molar-refractivity contribution in [2.45, 2.75) is 5.75 Å². The Bertz CT molecular complexity index is 591. The van der Waals surface area contributed by atoms with Crippen LogP contribution in [0.4, 0.5) is 0 Å². The molecule has 0 atom stereocenters. The monoisotopic (exact) mass is 286 g/mol. The zero-order valence-corrected chi connectivity index (χ0v) is 12.6. The Kier molecular flexibility index (Phi) is 5.13. The average Bonchev–Trinajstić information content (AvgIpc) is 2.52. The minimum Gasteiger partial charge on any atom is -0.496 e. The second kappa shape index (κ2) is 7.06. The summed E-state index contributed by atoms with van der Waals surface area (Å²) in [6, 6.07) is 14.1. The second-order valence-corrected chi connectivity index (χ2v) is 4.62. The molecule has 20 heavy (non-hydrogen) atoms. The second-order valence-electron chi connectivity index (χ2n) is 4.31. The van der Waals surface area contributed by atoms with Crippen LogP contribution in [0.2, 0.25) is 0 Å². The summed E-state index contributed by atoms with van der Waals surface area (Å²) in [4.78, 5) is 0. The van der Waals surface area contributed by atoms with Crippen LogP contribution >= 0.6 is 12.6 Å². The maximum absolute atomic E-state index is 5.43. The molecule has 0 aliphatic heterocycles. The van der Waals surface area contributed by atoms with E-state index in [1.54, 1.807) is 14.2 Å². The molecule has 0 saturated carbocycles. The smallest absolute Gasteiger partial charge is 0.126 e. The van der Waals surface area contributed by atoms with Crippen molar-refractivity contribution in [1.29, 1.82) is 0 Å². The fraction of sp³-hybridized carbons (Fsp3) is 0.176. The van der Waals surface area contributed by atoms with Crippen LogP contribution in [0.15, 0.2) is 42.5 Å². The lowest BCUT2D eigenvalue weighted by atomic mass is 10.1. The maximum atomic E-state index is 5.43. The summed E-state index contributed by atoms with van der Waals surface area (Å²) in [5.74, 6) is 2.26. The van der Waals surface area contributed by atoms with Gasteiger partial charge in [0.15, 0.2) is 0 Å². The van der Waals surface area contributed by atoms with Crippen LogP contribution in [0.25, 0.3) is 12.2 Å². The third-order valence-electron chi connectivity index (χ3n) is 3.06. The molecule has 0 bridgehead atoms. The standard InChI is InChI=1S/C17H18O2S/c1-18-16-11-15(12-20)17(19-2)10-14(16)9-8-13-6-4-3-5-7-13/h3-11,20H,12H2,1-2H3/b9-8+. The van der Waals surface area contributed by atoms with Crippen LogP contribution in [0.3, 0.4) is 0 Å². The first-order valence-electron chi connectivity index (χ1n) is 6.37. The summed E-state index contributed by atoms with van der Waals surface area (Å²) >= 11 is 4.31. The van der Waals surface area contributed by atoms with E-state index in [0.29, 0.717) is 5.75 Å². The molecule has 0 fully saturated rings. The third-order valence-corrected chi connectivity index (χ3v) is 3.40. The highest BCUT2D eigenvalue weighted by Gasteiger charge is 2.08. The highest BCUT2D eigenvalue weighted by molar-refractivity contribution is 7.79. The van der Waals surface area contributed by atoms with Crippen LogP contribution in [-0.4, -0.2) is 14.2 Å². The van der Waals surface area contributed by atoms with Crippen molar-refractivity contribution in [2.24, 2.45) is 0 Å². The molecule has 0 heterocycles. The number of ether oxygens (including phenoxy) is 2.